The molecule has 270 valence electrons. The molecule has 4 atom stereocenters. The molecule has 47 heavy (non-hydrogen) atoms. The van der Waals surface area contributed by atoms with Gasteiger partial charge < -0.3 is 44.3 Å². The minimum Gasteiger partial charge on any atom is -0.493 e. The van der Waals surface area contributed by atoms with Gasteiger partial charge in [-0.1, -0.05) is 26.8 Å². The molecule has 1 aliphatic rings. The highest BCUT2D eigenvalue weighted by Gasteiger charge is 2.31. The molecule has 1 fully saturated rings. The highest BCUT2D eigenvalue weighted by atomic mass is 16.6. The summed E-state index contributed by atoms with van der Waals surface area (Å²) < 4.78 is 27.7. The Bertz CT molecular complexity index is 1060. The van der Waals surface area contributed by atoms with Crippen molar-refractivity contribution in [3.8, 4) is 11.5 Å². The molecule has 2 rings (SSSR count). The number of amides is 2. The van der Waals surface area contributed by atoms with Crippen molar-refractivity contribution in [1.82, 2.24) is 15.5 Å². The number of likely N-dealkylation sites (tertiary alicyclic amines) is 1. The Morgan fingerprint density at radius 2 is 1.72 bits per heavy atom. The third kappa shape index (κ3) is 15.4. The molecule has 1 saturated heterocycles. The first-order valence-corrected chi connectivity index (χ1v) is 17.2. The van der Waals surface area contributed by atoms with E-state index >= 15 is 0 Å². The first kappa shape index (κ1) is 40.6. The zero-order valence-corrected chi connectivity index (χ0v) is 30.4. The number of aliphatic hydroxyl groups is 1. The third-order valence-corrected chi connectivity index (χ3v) is 8.78. The topological polar surface area (TPSA) is 128 Å². The highest BCUT2D eigenvalue weighted by Crippen LogP contribution is 2.32. The van der Waals surface area contributed by atoms with Crippen molar-refractivity contribution in [2.24, 2.45) is 17.8 Å². The predicted octanol–water partition coefficient (Wildman–Crippen LogP) is 4.82. The van der Waals surface area contributed by atoms with Crippen LogP contribution in [-0.4, -0.2) is 107 Å². The van der Waals surface area contributed by atoms with Gasteiger partial charge >= 0.3 is 6.09 Å². The van der Waals surface area contributed by atoms with Crippen LogP contribution >= 0.6 is 0 Å². The number of carbonyl (C=O) groups excluding carboxylic acids is 2. The number of benzene rings is 1. The van der Waals surface area contributed by atoms with Crippen molar-refractivity contribution < 1.29 is 38.4 Å². The monoisotopic (exact) mass is 665 g/mol. The standard InChI is InChI=1S/C36H63N3O8/c1-25(2)28(22-27-11-12-32(45-9)33(23-27)46-20-10-19-43-7)24-30(38-35(42)47-36(4,5)6)31(40)21-26(3)34(41)37-15-18-39-16-13-29(44-8)14-17-39/h11-12,23,25-26,28-31,40H,10,13-22,24H2,1-9H3,(H,37,41)(H,38,42). The molecular formula is C36H63N3O8. The summed E-state index contributed by atoms with van der Waals surface area (Å²) in [7, 11) is 5.04. The SMILES string of the molecule is COCCCOc1cc(CC(CC(NC(=O)OC(C)(C)C)C(O)CC(C)C(=O)NCCN2CCC(OC)CC2)C(C)C)ccc1OC. The van der Waals surface area contributed by atoms with Gasteiger partial charge in [0.25, 0.3) is 0 Å². The molecule has 1 aliphatic heterocycles. The summed E-state index contributed by atoms with van der Waals surface area (Å²) in [6.45, 7) is 15.9. The minimum absolute atomic E-state index is 0.103. The number of hydrogen-bond donors (Lipinski definition) is 3. The molecule has 0 spiro atoms. The molecule has 1 heterocycles. The Hall–Kier alpha value is -2.60. The van der Waals surface area contributed by atoms with Gasteiger partial charge in [-0.25, -0.2) is 4.79 Å². The molecular weight excluding hydrogens is 602 g/mol. The number of ether oxygens (including phenoxy) is 5. The van der Waals surface area contributed by atoms with E-state index in [0.29, 0.717) is 50.2 Å². The summed E-state index contributed by atoms with van der Waals surface area (Å²) in [5, 5.41) is 17.5. The van der Waals surface area contributed by atoms with E-state index in [1.165, 1.54) is 0 Å². The first-order chi connectivity index (χ1) is 22.3. The van der Waals surface area contributed by atoms with Crippen molar-refractivity contribution in [2.45, 2.75) is 104 Å². The molecule has 1 aromatic rings. The fourth-order valence-corrected chi connectivity index (χ4v) is 5.85. The van der Waals surface area contributed by atoms with E-state index in [0.717, 1.165) is 44.5 Å². The second kappa shape index (κ2) is 20.7. The van der Waals surface area contributed by atoms with Crippen molar-refractivity contribution in [3.05, 3.63) is 23.8 Å². The number of aliphatic hydroxyl groups excluding tert-OH is 1. The number of piperidine rings is 1. The molecule has 0 radical (unpaired) electrons. The van der Waals surface area contributed by atoms with Crippen molar-refractivity contribution in [1.29, 1.82) is 0 Å². The Labute approximate surface area is 283 Å². The molecule has 3 N–H and O–H groups in total. The number of carbonyl (C=O) groups is 2. The number of nitrogens with zero attached hydrogens (tertiary/aromatic N) is 1. The average molecular weight is 666 g/mol. The van der Waals surface area contributed by atoms with Crippen LogP contribution < -0.4 is 20.1 Å². The van der Waals surface area contributed by atoms with Crippen molar-refractivity contribution in [2.75, 3.05) is 60.7 Å². The maximum absolute atomic E-state index is 13.0. The highest BCUT2D eigenvalue weighted by molar-refractivity contribution is 5.78. The summed E-state index contributed by atoms with van der Waals surface area (Å²) in [5.41, 5.74) is 0.377. The number of rotatable bonds is 20. The Morgan fingerprint density at radius 1 is 1.02 bits per heavy atom. The summed E-state index contributed by atoms with van der Waals surface area (Å²) in [5.74, 6) is 1.13. The predicted molar refractivity (Wildman–Crippen MR) is 184 cm³/mol. The van der Waals surface area contributed by atoms with E-state index < -0.39 is 29.8 Å². The zero-order valence-electron chi connectivity index (χ0n) is 30.4. The summed E-state index contributed by atoms with van der Waals surface area (Å²) in [4.78, 5) is 28.3. The Balaban J connectivity index is 2.09. The Kier molecular flexibility index (Phi) is 17.9. The van der Waals surface area contributed by atoms with E-state index in [9.17, 15) is 14.7 Å². The first-order valence-electron chi connectivity index (χ1n) is 17.2. The van der Waals surface area contributed by atoms with Gasteiger partial charge in [0.1, 0.15) is 5.60 Å². The van der Waals surface area contributed by atoms with Gasteiger partial charge in [-0.2, -0.15) is 0 Å². The maximum Gasteiger partial charge on any atom is 0.407 e. The van der Waals surface area contributed by atoms with Crippen LogP contribution in [0.5, 0.6) is 11.5 Å². The fraction of sp³-hybridized carbons (Fsp3) is 0.778. The zero-order chi connectivity index (χ0) is 35.0. The normalized spacial score (nSPS) is 17.1. The van der Waals surface area contributed by atoms with Gasteiger partial charge in [-0.05, 0) is 82.4 Å². The van der Waals surface area contributed by atoms with Crippen LogP contribution in [-0.2, 0) is 25.4 Å². The van der Waals surface area contributed by atoms with Gasteiger partial charge in [0.15, 0.2) is 11.5 Å². The largest absolute Gasteiger partial charge is 0.493 e. The summed E-state index contributed by atoms with van der Waals surface area (Å²) >= 11 is 0. The van der Waals surface area contributed by atoms with Crippen LogP contribution in [0.1, 0.15) is 79.2 Å². The second-order valence-electron chi connectivity index (χ2n) is 14.1. The van der Waals surface area contributed by atoms with E-state index in [1.54, 1.807) is 42.1 Å². The van der Waals surface area contributed by atoms with Crippen LogP contribution in [0.4, 0.5) is 4.79 Å². The fourth-order valence-electron chi connectivity index (χ4n) is 5.85. The van der Waals surface area contributed by atoms with E-state index in [-0.39, 0.29) is 24.2 Å². The number of nitrogens with one attached hydrogen (secondary N) is 2. The number of hydrogen-bond acceptors (Lipinski definition) is 9. The molecule has 2 amide bonds. The molecule has 0 saturated carbocycles. The van der Waals surface area contributed by atoms with Crippen LogP contribution in [0.3, 0.4) is 0 Å². The lowest BCUT2D eigenvalue weighted by Gasteiger charge is -2.32. The molecule has 4 unspecified atom stereocenters. The van der Waals surface area contributed by atoms with Crippen molar-refractivity contribution in [3.63, 3.8) is 0 Å². The van der Waals surface area contributed by atoms with Gasteiger partial charge in [0.05, 0.1) is 32.0 Å². The van der Waals surface area contributed by atoms with Crippen LogP contribution in [0.25, 0.3) is 0 Å². The number of alkyl carbamates (subject to hydrolysis) is 1. The van der Waals surface area contributed by atoms with Crippen LogP contribution in [0.2, 0.25) is 0 Å². The van der Waals surface area contributed by atoms with Gasteiger partial charge in [0.2, 0.25) is 5.91 Å². The molecule has 0 aliphatic carbocycles. The molecule has 11 nitrogen and oxygen atoms in total. The second-order valence-corrected chi connectivity index (χ2v) is 14.1. The third-order valence-electron chi connectivity index (χ3n) is 8.78. The minimum atomic E-state index is -0.951. The molecule has 11 heteroatoms. The molecule has 0 aromatic heterocycles. The van der Waals surface area contributed by atoms with Gasteiger partial charge in [0, 0.05) is 59.3 Å². The van der Waals surface area contributed by atoms with Gasteiger partial charge in [-0.15, -0.1) is 0 Å². The lowest BCUT2D eigenvalue weighted by atomic mass is 9.82. The molecule has 0 bridgehead atoms. The number of methoxy groups -OCH3 is 3. The quantitative estimate of drug-likeness (QED) is 0.168. The van der Waals surface area contributed by atoms with Crippen LogP contribution in [0.15, 0.2) is 18.2 Å². The Morgan fingerprint density at radius 3 is 2.32 bits per heavy atom. The molecule has 1 aromatic carbocycles. The van der Waals surface area contributed by atoms with Crippen LogP contribution in [0, 0.1) is 17.8 Å². The summed E-state index contributed by atoms with van der Waals surface area (Å²) in [6.07, 6.45) is 2.95. The average Bonchev–Trinajstić information content (AvgIpc) is 3.01. The maximum atomic E-state index is 13.0. The van der Waals surface area contributed by atoms with E-state index in [4.69, 9.17) is 23.7 Å². The van der Waals surface area contributed by atoms with Gasteiger partial charge in [-0.3, -0.25) is 4.79 Å². The lowest BCUT2D eigenvalue weighted by molar-refractivity contribution is -0.125. The summed E-state index contributed by atoms with van der Waals surface area (Å²) in [6, 6.07) is 5.32. The van der Waals surface area contributed by atoms with E-state index in [2.05, 4.69) is 29.4 Å². The smallest absolute Gasteiger partial charge is 0.407 e. The van der Waals surface area contributed by atoms with Crippen molar-refractivity contribution >= 4 is 12.0 Å². The lowest BCUT2D eigenvalue weighted by Crippen LogP contribution is -2.48. The van der Waals surface area contributed by atoms with E-state index in [1.807, 2.05) is 25.1 Å².